The van der Waals surface area contributed by atoms with E-state index in [1.807, 2.05) is 34.6 Å². The molecule has 0 saturated heterocycles. The van der Waals surface area contributed by atoms with Crippen LogP contribution < -0.4 is 10.2 Å². The van der Waals surface area contributed by atoms with Gasteiger partial charge in [-0.05, 0) is 36.2 Å². The molecular weight excluding hydrogens is 494 g/mol. The van der Waals surface area contributed by atoms with Gasteiger partial charge in [0.15, 0.2) is 0 Å². The predicted molar refractivity (Wildman–Crippen MR) is 143 cm³/mol. The van der Waals surface area contributed by atoms with Crippen molar-refractivity contribution in [3.8, 4) is 5.69 Å². The van der Waals surface area contributed by atoms with E-state index < -0.39 is 16.5 Å². The lowest BCUT2D eigenvalue weighted by molar-refractivity contribution is -0.123. The summed E-state index contributed by atoms with van der Waals surface area (Å²) in [6.45, 7) is 10.2. The standard InChI is InChI=1S/C28H32F2N4O2S/c1-17(2)14-31-22(35)15-33-23(36)16-37-25(20-8-6-7-9-21(20)30)24-26(28(3,4)5)32-34(27(24)33)19-12-10-18(29)11-13-19/h6-13,17,25H,14-16H2,1-5H3,(H,31,35)/t25-/m1/s1. The summed E-state index contributed by atoms with van der Waals surface area (Å²) < 4.78 is 30.5. The number of anilines is 1. The van der Waals surface area contributed by atoms with Crippen LogP contribution in [0.3, 0.4) is 0 Å². The minimum Gasteiger partial charge on any atom is -0.354 e. The summed E-state index contributed by atoms with van der Waals surface area (Å²) in [5, 5.41) is 7.25. The van der Waals surface area contributed by atoms with Crippen LogP contribution in [0.1, 0.15) is 56.7 Å². The molecule has 9 heteroatoms. The van der Waals surface area contributed by atoms with Crippen LogP contribution in [0.15, 0.2) is 48.5 Å². The summed E-state index contributed by atoms with van der Waals surface area (Å²) in [5.74, 6) is -0.662. The van der Waals surface area contributed by atoms with Crippen LogP contribution in [0.2, 0.25) is 0 Å². The molecule has 2 amide bonds. The summed E-state index contributed by atoms with van der Waals surface area (Å²) in [6, 6.07) is 12.3. The van der Waals surface area contributed by atoms with Crippen molar-refractivity contribution in [2.75, 3.05) is 23.7 Å². The van der Waals surface area contributed by atoms with E-state index in [2.05, 4.69) is 5.32 Å². The third kappa shape index (κ3) is 5.71. The number of benzene rings is 2. The minimum atomic E-state index is -0.535. The van der Waals surface area contributed by atoms with Crippen LogP contribution in [0.4, 0.5) is 14.6 Å². The van der Waals surface area contributed by atoms with E-state index in [-0.39, 0.29) is 35.8 Å². The fraction of sp³-hybridized carbons (Fsp3) is 0.393. The van der Waals surface area contributed by atoms with Gasteiger partial charge in [-0.15, -0.1) is 11.8 Å². The summed E-state index contributed by atoms with van der Waals surface area (Å²) in [4.78, 5) is 27.9. The second kappa shape index (κ2) is 10.7. The van der Waals surface area contributed by atoms with Gasteiger partial charge in [-0.2, -0.15) is 5.10 Å². The number of thioether (sulfide) groups is 1. The number of nitrogens with one attached hydrogen (secondary N) is 1. The number of carbonyl (C=O) groups excluding carboxylic acids is 2. The summed E-state index contributed by atoms with van der Waals surface area (Å²) in [5.41, 5.74) is 1.85. The van der Waals surface area contributed by atoms with Crippen molar-refractivity contribution in [2.24, 2.45) is 5.92 Å². The van der Waals surface area contributed by atoms with Crippen LogP contribution in [-0.4, -0.2) is 40.4 Å². The second-order valence-corrected chi connectivity index (χ2v) is 11.7. The first-order valence-corrected chi connectivity index (χ1v) is 13.3. The third-order valence-electron chi connectivity index (χ3n) is 6.07. The van der Waals surface area contributed by atoms with Gasteiger partial charge < -0.3 is 5.32 Å². The molecule has 1 aliphatic heterocycles. The van der Waals surface area contributed by atoms with E-state index in [1.54, 1.807) is 35.0 Å². The van der Waals surface area contributed by atoms with E-state index in [0.29, 0.717) is 34.9 Å². The molecule has 0 saturated carbocycles. The molecule has 1 aromatic heterocycles. The average molecular weight is 527 g/mol. The molecule has 4 rings (SSSR count). The molecule has 2 heterocycles. The summed E-state index contributed by atoms with van der Waals surface area (Å²) >= 11 is 1.32. The first kappa shape index (κ1) is 26.9. The Morgan fingerprint density at radius 2 is 1.81 bits per heavy atom. The maximum atomic E-state index is 15.1. The largest absolute Gasteiger partial charge is 0.354 e. The van der Waals surface area contributed by atoms with Gasteiger partial charge in [0.2, 0.25) is 11.8 Å². The zero-order chi connectivity index (χ0) is 26.9. The van der Waals surface area contributed by atoms with Gasteiger partial charge in [-0.3, -0.25) is 14.5 Å². The van der Waals surface area contributed by atoms with Crippen molar-refractivity contribution in [1.82, 2.24) is 15.1 Å². The molecule has 3 aromatic rings. The number of amides is 2. The van der Waals surface area contributed by atoms with Crippen molar-refractivity contribution in [2.45, 2.75) is 45.3 Å². The number of fused-ring (bicyclic) bond motifs is 1. The Hall–Kier alpha value is -3.20. The van der Waals surface area contributed by atoms with Gasteiger partial charge in [-0.25, -0.2) is 13.5 Å². The average Bonchev–Trinajstić information content (AvgIpc) is 3.17. The molecule has 196 valence electrons. The van der Waals surface area contributed by atoms with Crippen LogP contribution in [-0.2, 0) is 15.0 Å². The highest BCUT2D eigenvalue weighted by atomic mass is 32.2. The number of nitrogens with zero attached hydrogens (tertiary/aromatic N) is 3. The van der Waals surface area contributed by atoms with Crippen LogP contribution >= 0.6 is 11.8 Å². The smallest absolute Gasteiger partial charge is 0.240 e. The van der Waals surface area contributed by atoms with Crippen molar-refractivity contribution >= 4 is 29.4 Å². The SMILES string of the molecule is CC(C)CNC(=O)CN1C(=O)CS[C@H](c2ccccc2F)c2c(C(C)(C)C)nn(-c3ccc(F)cc3)c21. The maximum absolute atomic E-state index is 15.1. The van der Waals surface area contributed by atoms with Crippen molar-refractivity contribution in [3.63, 3.8) is 0 Å². The topological polar surface area (TPSA) is 67.2 Å². The van der Waals surface area contributed by atoms with Gasteiger partial charge in [0.1, 0.15) is 24.0 Å². The molecule has 0 aliphatic carbocycles. The first-order valence-electron chi connectivity index (χ1n) is 12.3. The zero-order valence-electron chi connectivity index (χ0n) is 21.7. The molecule has 0 bridgehead atoms. The van der Waals surface area contributed by atoms with Gasteiger partial charge in [0, 0.05) is 23.1 Å². The van der Waals surface area contributed by atoms with E-state index in [0.717, 1.165) is 0 Å². The molecular formula is C28H32F2N4O2S. The van der Waals surface area contributed by atoms with E-state index in [4.69, 9.17) is 5.10 Å². The Labute approximate surface area is 220 Å². The summed E-state index contributed by atoms with van der Waals surface area (Å²) in [6.07, 6.45) is 0. The Bertz CT molecular complexity index is 1300. The zero-order valence-corrected chi connectivity index (χ0v) is 22.5. The Kier molecular flexibility index (Phi) is 7.73. The molecule has 37 heavy (non-hydrogen) atoms. The van der Waals surface area contributed by atoms with Gasteiger partial charge in [0.05, 0.1) is 22.4 Å². The van der Waals surface area contributed by atoms with Crippen molar-refractivity contribution in [3.05, 3.63) is 77.0 Å². The lowest BCUT2D eigenvalue weighted by Crippen LogP contribution is -2.43. The molecule has 0 fully saturated rings. The lowest BCUT2D eigenvalue weighted by atomic mass is 9.87. The molecule has 0 unspecified atom stereocenters. The van der Waals surface area contributed by atoms with E-state index in [1.165, 1.54) is 34.9 Å². The van der Waals surface area contributed by atoms with Gasteiger partial charge in [0.25, 0.3) is 0 Å². The highest BCUT2D eigenvalue weighted by molar-refractivity contribution is 8.00. The minimum absolute atomic E-state index is 0.0537. The van der Waals surface area contributed by atoms with Gasteiger partial charge >= 0.3 is 0 Å². The predicted octanol–water partition coefficient (Wildman–Crippen LogP) is 5.39. The third-order valence-corrected chi connectivity index (χ3v) is 7.30. The lowest BCUT2D eigenvalue weighted by Gasteiger charge is -2.25. The molecule has 0 radical (unpaired) electrons. The number of hydrogen-bond acceptors (Lipinski definition) is 4. The Balaban J connectivity index is 1.98. The molecule has 1 N–H and O–H groups in total. The molecule has 2 aromatic carbocycles. The highest BCUT2D eigenvalue weighted by Gasteiger charge is 2.40. The number of hydrogen-bond donors (Lipinski definition) is 1. The maximum Gasteiger partial charge on any atom is 0.240 e. The number of carbonyl (C=O) groups is 2. The first-order chi connectivity index (χ1) is 17.5. The van der Waals surface area contributed by atoms with Crippen molar-refractivity contribution < 1.29 is 18.4 Å². The Morgan fingerprint density at radius 3 is 2.43 bits per heavy atom. The number of rotatable bonds is 6. The van der Waals surface area contributed by atoms with Crippen LogP contribution in [0.5, 0.6) is 0 Å². The van der Waals surface area contributed by atoms with Crippen LogP contribution in [0, 0.1) is 17.6 Å². The Morgan fingerprint density at radius 1 is 1.14 bits per heavy atom. The van der Waals surface area contributed by atoms with E-state index in [9.17, 15) is 14.0 Å². The van der Waals surface area contributed by atoms with Crippen molar-refractivity contribution in [1.29, 1.82) is 0 Å². The molecule has 1 atom stereocenters. The normalized spacial score (nSPS) is 16.1. The second-order valence-electron chi connectivity index (χ2n) is 10.6. The van der Waals surface area contributed by atoms with Crippen LogP contribution in [0.25, 0.3) is 5.69 Å². The summed E-state index contributed by atoms with van der Waals surface area (Å²) in [7, 11) is 0. The fourth-order valence-electron chi connectivity index (χ4n) is 4.29. The molecule has 1 aliphatic rings. The number of aromatic nitrogens is 2. The molecule has 6 nitrogen and oxygen atoms in total. The molecule has 0 spiro atoms. The monoisotopic (exact) mass is 526 g/mol. The highest BCUT2D eigenvalue weighted by Crippen LogP contribution is 2.48. The van der Waals surface area contributed by atoms with E-state index >= 15 is 4.39 Å². The quantitative estimate of drug-likeness (QED) is 0.468. The number of halogens is 2. The van der Waals surface area contributed by atoms with Gasteiger partial charge in [-0.1, -0.05) is 52.8 Å². The fourth-order valence-corrected chi connectivity index (χ4v) is 5.51.